The fourth-order valence-electron chi connectivity index (χ4n) is 2.20. The number of carbonyl (C=O) groups is 4. The van der Waals surface area contributed by atoms with E-state index in [2.05, 4.69) is 16.0 Å². The summed E-state index contributed by atoms with van der Waals surface area (Å²) in [7, 11) is 0. The molecule has 3 rings (SSSR count). The average molecular weight is 453 g/mol. The van der Waals surface area contributed by atoms with Crippen LogP contribution in [0.1, 0.15) is 39.0 Å². The highest BCUT2D eigenvalue weighted by molar-refractivity contribution is 7.15. The minimum absolute atomic E-state index is 0. The van der Waals surface area contributed by atoms with Crippen LogP contribution in [0.25, 0.3) is 0 Å². The summed E-state index contributed by atoms with van der Waals surface area (Å²) in [6.07, 6.45) is 0. The predicted molar refractivity (Wildman–Crippen MR) is 123 cm³/mol. The van der Waals surface area contributed by atoms with Crippen molar-refractivity contribution in [3.63, 3.8) is 0 Å². The second-order valence-corrected chi connectivity index (χ2v) is 7.65. The number of hydrogen-bond acceptors (Lipinski definition) is 6. The number of amides is 3. The number of hydrogen-bond donors (Lipinski definition) is 4. The topological polar surface area (TPSA) is 125 Å². The molecule has 4 N–H and O–H groups in total. The summed E-state index contributed by atoms with van der Waals surface area (Å²) < 4.78 is 10.0. The smallest absolute Gasteiger partial charge is 0.338 e. The van der Waals surface area contributed by atoms with Gasteiger partial charge in [0.2, 0.25) is 11.8 Å². The molecule has 30 heavy (non-hydrogen) atoms. The Morgan fingerprint density at radius 3 is 1.80 bits per heavy atom. The second-order valence-electron chi connectivity index (χ2n) is 5.81. The predicted octanol–water partition coefficient (Wildman–Crippen LogP) is 4.86. The van der Waals surface area contributed by atoms with Gasteiger partial charge < -0.3 is 21.1 Å². The van der Waals surface area contributed by atoms with Gasteiger partial charge in [0.1, 0.15) is 10.0 Å². The first-order valence-corrected chi connectivity index (χ1v) is 10.3. The van der Waals surface area contributed by atoms with Crippen LogP contribution in [-0.4, -0.2) is 28.8 Å². The maximum atomic E-state index is 12.0. The van der Waals surface area contributed by atoms with Crippen LogP contribution < -0.4 is 16.0 Å². The van der Waals surface area contributed by atoms with E-state index in [1.165, 1.54) is 42.6 Å². The fraction of sp³-hybridized carbons (Fsp3) is 0.100. The molecule has 0 saturated carbocycles. The van der Waals surface area contributed by atoms with Crippen molar-refractivity contribution in [2.75, 3.05) is 16.0 Å². The van der Waals surface area contributed by atoms with Crippen molar-refractivity contribution in [1.29, 1.82) is 0 Å². The molecule has 0 aliphatic carbocycles. The number of para-hydroxylation sites is 1. The molecule has 0 fully saturated rings. The Morgan fingerprint density at radius 1 is 0.800 bits per heavy atom. The van der Waals surface area contributed by atoms with Gasteiger partial charge in [0.15, 0.2) is 0 Å². The van der Waals surface area contributed by atoms with E-state index in [4.69, 9.17) is 8.08 Å². The molecule has 0 saturated heterocycles. The summed E-state index contributed by atoms with van der Waals surface area (Å²) in [6, 6.07) is 12.3. The van der Waals surface area contributed by atoms with Crippen LogP contribution in [0.5, 0.6) is 0 Å². The average Bonchev–Trinajstić information content (AvgIpc) is 3.39. The van der Waals surface area contributed by atoms with Crippen molar-refractivity contribution in [3.8, 4) is 0 Å². The van der Waals surface area contributed by atoms with E-state index in [-0.39, 0.29) is 24.7 Å². The summed E-state index contributed by atoms with van der Waals surface area (Å²) in [6.45, 7) is 2.75. The number of thiophene rings is 2. The minimum Gasteiger partial charge on any atom is -0.478 e. The van der Waals surface area contributed by atoms with Crippen LogP contribution in [0.3, 0.4) is 0 Å². The molecule has 8 nitrogen and oxygen atoms in total. The second kappa shape index (κ2) is 10.9. The number of carboxylic acids is 1. The van der Waals surface area contributed by atoms with Crippen molar-refractivity contribution in [1.82, 2.24) is 0 Å². The van der Waals surface area contributed by atoms with Crippen LogP contribution in [0.4, 0.5) is 15.7 Å². The van der Waals surface area contributed by atoms with Gasteiger partial charge in [-0.2, -0.15) is 0 Å². The first-order chi connectivity index (χ1) is 15.3. The number of nitrogens with one attached hydrogen (secondary N) is 3. The van der Waals surface area contributed by atoms with E-state index in [9.17, 15) is 19.2 Å². The Balaban J connectivity index is 0.000000599. The molecule has 0 unspecified atom stereocenters. The zero-order valence-corrected chi connectivity index (χ0v) is 17.7. The summed E-state index contributed by atoms with van der Waals surface area (Å²) in [4.78, 5) is 44.1. The molecule has 160 valence electrons. The molecule has 2 aromatic heterocycles. The maximum Gasteiger partial charge on any atom is 0.338 e. The van der Waals surface area contributed by atoms with Gasteiger partial charge in [-0.25, -0.2) is 4.79 Å². The van der Waals surface area contributed by atoms with Gasteiger partial charge in [-0.3, -0.25) is 14.4 Å². The molecule has 0 atom stereocenters. The molecule has 3 aromatic rings. The molecule has 1 aromatic carbocycles. The summed E-state index contributed by atoms with van der Waals surface area (Å²) in [5.74, 6) is -1.71. The van der Waals surface area contributed by atoms with Crippen molar-refractivity contribution in [2.24, 2.45) is 0 Å². The number of anilines is 3. The minimum atomic E-state index is -1.03. The Bertz CT molecular complexity index is 1060. The normalized spacial score (nSPS) is 9.93. The molecule has 0 spiro atoms. The molecule has 3 amide bonds. The van der Waals surface area contributed by atoms with E-state index in [0.29, 0.717) is 15.6 Å². The first-order valence-electron chi connectivity index (χ1n) is 9.57. The number of rotatable bonds is 5. The van der Waals surface area contributed by atoms with E-state index in [1.807, 2.05) is 30.3 Å². The number of carbonyl (C=O) groups excluding carboxylic acids is 3. The lowest BCUT2D eigenvalue weighted by atomic mass is 10.2. The van der Waals surface area contributed by atoms with Gasteiger partial charge in [0, 0.05) is 23.9 Å². The van der Waals surface area contributed by atoms with Crippen molar-refractivity contribution < 1.29 is 28.7 Å². The standard InChI is InChI=1S/C13H12N2O2S.C7H7NO3S.2H2/c1-9(16)14-13-11(7-8-18-13)12(17)15-10-5-3-2-4-6-10;1-4(9)8-6-5(7(10)11)2-3-12-6;;/h2-8H,1H3,(H,14,16)(H,15,17);2-3H,1H3,(H,8,9)(H,10,11);2*1H/i;;1+1D;1+1. The van der Waals surface area contributed by atoms with Gasteiger partial charge in [-0.15, -0.1) is 22.7 Å². The van der Waals surface area contributed by atoms with E-state index >= 15 is 0 Å². The fourth-order valence-corrected chi connectivity index (χ4v) is 3.85. The lowest BCUT2D eigenvalue weighted by Crippen LogP contribution is -2.14. The van der Waals surface area contributed by atoms with Gasteiger partial charge in [-0.1, -0.05) is 18.2 Å². The third-order valence-electron chi connectivity index (χ3n) is 3.42. The molecule has 0 radical (unpaired) electrons. The quantitative estimate of drug-likeness (QED) is 0.440. The molecule has 2 heterocycles. The SMILES string of the molecule is CC(=O)Nc1sccc1C(=O)Nc1ccccc1.CC(=O)Nc1sccc1C(=O)O.[2HH].[2H][2H]. The number of carboxylic acid groups (broad SMARTS) is 1. The van der Waals surface area contributed by atoms with Crippen molar-refractivity contribution >= 4 is 62.1 Å². The summed E-state index contributed by atoms with van der Waals surface area (Å²) in [5.41, 5.74) is 1.33. The first kappa shape index (κ1) is 21.2. The number of benzene rings is 1. The number of aromatic carboxylic acids is 1. The Labute approximate surface area is 185 Å². The zero-order valence-electron chi connectivity index (χ0n) is 18.1. The highest BCUT2D eigenvalue weighted by atomic mass is 32.1. The summed E-state index contributed by atoms with van der Waals surface area (Å²) in [5, 5.41) is 20.8. The van der Waals surface area contributed by atoms with Crippen LogP contribution in [0, 0.1) is 0 Å². The van der Waals surface area contributed by atoms with Crippen LogP contribution in [0.2, 0.25) is 0 Å². The van der Waals surface area contributed by atoms with Crippen molar-refractivity contribution in [2.45, 2.75) is 13.8 Å². The van der Waals surface area contributed by atoms with Gasteiger partial charge >= 0.3 is 5.97 Å². The van der Waals surface area contributed by atoms with Crippen LogP contribution in [0.15, 0.2) is 53.2 Å². The zero-order chi connectivity index (χ0) is 24.1. The van der Waals surface area contributed by atoms with Crippen LogP contribution >= 0.6 is 22.7 Å². The largest absolute Gasteiger partial charge is 0.478 e. The monoisotopic (exact) mass is 452 g/mol. The van der Waals surface area contributed by atoms with Gasteiger partial charge in [0.25, 0.3) is 5.91 Å². The lowest BCUT2D eigenvalue weighted by Gasteiger charge is -2.06. The molecule has 10 heteroatoms. The Hall–Kier alpha value is -3.50. The lowest BCUT2D eigenvalue weighted by molar-refractivity contribution is -0.115. The van der Waals surface area contributed by atoms with Gasteiger partial charge in [0.05, 0.1) is 11.1 Å². The Morgan fingerprint density at radius 2 is 1.30 bits per heavy atom. The molecule has 0 bridgehead atoms. The highest BCUT2D eigenvalue weighted by Gasteiger charge is 2.14. The molecular formula is C20H23N3O5S2. The van der Waals surface area contributed by atoms with Crippen molar-refractivity contribution in [3.05, 3.63) is 64.4 Å². The van der Waals surface area contributed by atoms with E-state index < -0.39 is 5.97 Å². The molecule has 0 aliphatic heterocycles. The Kier molecular flexibility index (Phi) is 7.70. The third kappa shape index (κ3) is 6.83. The van der Waals surface area contributed by atoms with Gasteiger partial charge in [-0.05, 0) is 35.0 Å². The summed E-state index contributed by atoms with van der Waals surface area (Å²) >= 11 is 2.52. The molecule has 0 aliphatic rings. The highest BCUT2D eigenvalue weighted by Crippen LogP contribution is 2.24. The molecular weight excluding hydrogens is 426 g/mol. The van der Waals surface area contributed by atoms with E-state index in [1.54, 1.807) is 16.8 Å². The van der Waals surface area contributed by atoms with Crippen LogP contribution in [-0.2, 0) is 9.59 Å². The maximum absolute atomic E-state index is 12.0. The van der Waals surface area contributed by atoms with E-state index in [0.717, 1.165) is 5.69 Å². The third-order valence-corrected chi connectivity index (χ3v) is 5.08.